The maximum Gasteiger partial charge on any atom is 0.287 e. The van der Waals surface area contributed by atoms with Gasteiger partial charge in [-0.1, -0.05) is 18.2 Å². The van der Waals surface area contributed by atoms with E-state index in [0.29, 0.717) is 31.6 Å². The Balaban J connectivity index is 1.63. The number of rotatable bonds is 2. The highest BCUT2D eigenvalue weighted by Gasteiger charge is 2.43. The minimum Gasteiger partial charge on any atom is -0.487 e. The summed E-state index contributed by atoms with van der Waals surface area (Å²) in [5.41, 5.74) is 0.512. The number of likely N-dealkylation sites (tertiary alicyclic amines) is 1. The molecule has 1 N–H and O–H groups in total. The van der Waals surface area contributed by atoms with Crippen molar-refractivity contribution in [3.63, 3.8) is 0 Å². The smallest absolute Gasteiger partial charge is 0.287 e. The summed E-state index contributed by atoms with van der Waals surface area (Å²) in [4.78, 5) is 26.4. The second-order valence-corrected chi connectivity index (χ2v) is 7.10. The highest BCUT2D eigenvalue weighted by molar-refractivity contribution is 5.91. The van der Waals surface area contributed by atoms with Crippen LogP contribution in [0, 0.1) is 0 Å². The SMILES string of the molecule is CN1CC[C@@]2(CCC1=O)C[C@@H](NC(=O)c1ccco1)c1ccccc1O2. The molecule has 0 radical (unpaired) electrons. The zero-order chi connectivity index (χ0) is 18.1. The summed E-state index contributed by atoms with van der Waals surface area (Å²) in [6.45, 7) is 0.653. The van der Waals surface area contributed by atoms with Gasteiger partial charge in [0.15, 0.2) is 5.76 Å². The first-order valence-electron chi connectivity index (χ1n) is 8.93. The number of hydrogen-bond acceptors (Lipinski definition) is 4. The summed E-state index contributed by atoms with van der Waals surface area (Å²) in [7, 11) is 1.83. The van der Waals surface area contributed by atoms with Crippen LogP contribution < -0.4 is 10.1 Å². The number of hydrogen-bond donors (Lipinski definition) is 1. The number of nitrogens with one attached hydrogen (secondary N) is 1. The molecule has 3 heterocycles. The molecule has 2 aliphatic heterocycles. The van der Waals surface area contributed by atoms with Gasteiger partial charge in [0, 0.05) is 38.4 Å². The molecule has 2 aromatic rings. The third-order valence-corrected chi connectivity index (χ3v) is 5.37. The van der Waals surface area contributed by atoms with E-state index in [1.165, 1.54) is 6.26 Å². The summed E-state index contributed by atoms with van der Waals surface area (Å²) >= 11 is 0. The van der Waals surface area contributed by atoms with Crippen LogP contribution >= 0.6 is 0 Å². The quantitative estimate of drug-likeness (QED) is 0.900. The van der Waals surface area contributed by atoms with Crippen LogP contribution in [0.1, 0.15) is 47.8 Å². The van der Waals surface area contributed by atoms with Crippen LogP contribution in [0.2, 0.25) is 0 Å². The molecule has 2 aliphatic rings. The molecule has 1 aromatic heterocycles. The van der Waals surface area contributed by atoms with Gasteiger partial charge < -0.3 is 19.4 Å². The minimum atomic E-state index is -0.449. The molecule has 6 heteroatoms. The first kappa shape index (κ1) is 16.7. The second kappa shape index (κ2) is 6.52. The highest BCUT2D eigenvalue weighted by atomic mass is 16.5. The van der Waals surface area contributed by atoms with Crippen molar-refractivity contribution < 1.29 is 18.7 Å². The van der Waals surface area contributed by atoms with E-state index >= 15 is 0 Å². The number of nitrogens with zero attached hydrogens (tertiary/aromatic N) is 1. The van der Waals surface area contributed by atoms with Crippen molar-refractivity contribution in [2.24, 2.45) is 0 Å². The molecule has 26 heavy (non-hydrogen) atoms. The fourth-order valence-electron chi connectivity index (χ4n) is 3.84. The predicted octanol–water partition coefficient (Wildman–Crippen LogP) is 2.91. The molecule has 4 rings (SSSR count). The van der Waals surface area contributed by atoms with Gasteiger partial charge in [0.2, 0.25) is 5.91 Å². The Bertz CT molecular complexity index is 817. The average molecular weight is 354 g/mol. The average Bonchev–Trinajstić information content (AvgIpc) is 3.15. The number of fused-ring (bicyclic) bond motifs is 1. The zero-order valence-electron chi connectivity index (χ0n) is 14.7. The van der Waals surface area contributed by atoms with E-state index in [2.05, 4.69) is 5.32 Å². The standard InChI is InChI=1S/C20H22N2O4/c1-22-11-10-20(9-8-18(22)23)13-15(14-5-2-3-6-16(14)26-20)21-19(24)17-7-4-12-25-17/h2-7,12,15H,8-11,13H2,1H3,(H,21,24)/t15-,20+/m1/s1. The first-order valence-corrected chi connectivity index (χ1v) is 8.93. The van der Waals surface area contributed by atoms with Gasteiger partial charge in [-0.25, -0.2) is 0 Å². The van der Waals surface area contributed by atoms with Crippen LogP contribution in [-0.4, -0.2) is 35.9 Å². The summed E-state index contributed by atoms with van der Waals surface area (Å²) in [6, 6.07) is 10.9. The molecular weight excluding hydrogens is 332 g/mol. The van der Waals surface area contributed by atoms with E-state index < -0.39 is 5.60 Å². The number of carbonyl (C=O) groups is 2. The number of amides is 2. The Morgan fingerprint density at radius 3 is 2.88 bits per heavy atom. The van der Waals surface area contributed by atoms with Gasteiger partial charge in [-0.3, -0.25) is 9.59 Å². The summed E-state index contributed by atoms with van der Waals surface area (Å²) in [6.07, 6.45) is 3.98. The van der Waals surface area contributed by atoms with Crippen LogP contribution in [0.15, 0.2) is 47.1 Å². The van der Waals surface area contributed by atoms with E-state index in [-0.39, 0.29) is 17.9 Å². The van der Waals surface area contributed by atoms with Crippen molar-refractivity contribution >= 4 is 11.8 Å². The maximum atomic E-state index is 12.5. The lowest BCUT2D eigenvalue weighted by molar-refractivity contribution is -0.129. The fraction of sp³-hybridized carbons (Fsp3) is 0.400. The molecule has 0 saturated carbocycles. The number of carbonyl (C=O) groups excluding carboxylic acids is 2. The molecule has 1 saturated heterocycles. The summed E-state index contributed by atoms with van der Waals surface area (Å²) < 4.78 is 11.6. The van der Waals surface area contributed by atoms with E-state index in [9.17, 15) is 9.59 Å². The molecule has 1 fully saturated rings. The first-order chi connectivity index (χ1) is 12.6. The van der Waals surface area contributed by atoms with Gasteiger partial charge in [-0.05, 0) is 24.6 Å². The van der Waals surface area contributed by atoms with Crippen molar-refractivity contribution in [3.05, 3.63) is 54.0 Å². The molecule has 0 unspecified atom stereocenters. The maximum absolute atomic E-state index is 12.5. The van der Waals surface area contributed by atoms with Crippen LogP contribution in [0.4, 0.5) is 0 Å². The Morgan fingerprint density at radius 1 is 1.23 bits per heavy atom. The van der Waals surface area contributed by atoms with Crippen LogP contribution in [0.25, 0.3) is 0 Å². The normalized spacial score (nSPS) is 25.3. The van der Waals surface area contributed by atoms with Crippen LogP contribution in [-0.2, 0) is 4.79 Å². The summed E-state index contributed by atoms with van der Waals surface area (Å²) in [5.74, 6) is 0.966. The second-order valence-electron chi connectivity index (χ2n) is 7.10. The molecule has 136 valence electrons. The van der Waals surface area contributed by atoms with Crippen LogP contribution in [0.3, 0.4) is 0 Å². The fourth-order valence-corrected chi connectivity index (χ4v) is 3.84. The van der Waals surface area contributed by atoms with Crippen molar-refractivity contribution in [1.29, 1.82) is 0 Å². The van der Waals surface area contributed by atoms with E-state index in [1.807, 2.05) is 31.3 Å². The van der Waals surface area contributed by atoms with Gasteiger partial charge in [0.05, 0.1) is 12.3 Å². The lowest BCUT2D eigenvalue weighted by Gasteiger charge is -2.42. The third-order valence-electron chi connectivity index (χ3n) is 5.37. The Labute approximate surface area is 152 Å². The van der Waals surface area contributed by atoms with E-state index in [1.54, 1.807) is 17.0 Å². The van der Waals surface area contributed by atoms with Gasteiger partial charge >= 0.3 is 0 Å². The van der Waals surface area contributed by atoms with Crippen molar-refractivity contribution in [3.8, 4) is 5.75 Å². The lowest BCUT2D eigenvalue weighted by Crippen LogP contribution is -2.45. The largest absolute Gasteiger partial charge is 0.487 e. The molecule has 0 bridgehead atoms. The van der Waals surface area contributed by atoms with Crippen molar-refractivity contribution in [2.75, 3.05) is 13.6 Å². The Kier molecular flexibility index (Phi) is 4.18. The van der Waals surface area contributed by atoms with E-state index in [4.69, 9.17) is 9.15 Å². The molecule has 2 atom stereocenters. The van der Waals surface area contributed by atoms with Gasteiger partial charge in [0.1, 0.15) is 11.4 Å². The van der Waals surface area contributed by atoms with Crippen molar-refractivity contribution in [2.45, 2.75) is 37.3 Å². The highest BCUT2D eigenvalue weighted by Crippen LogP contribution is 2.44. The number of benzene rings is 1. The predicted molar refractivity (Wildman–Crippen MR) is 94.8 cm³/mol. The number of ether oxygens (including phenoxy) is 1. The van der Waals surface area contributed by atoms with Crippen LogP contribution in [0.5, 0.6) is 5.75 Å². The lowest BCUT2D eigenvalue weighted by atomic mass is 9.82. The third kappa shape index (κ3) is 3.07. The summed E-state index contributed by atoms with van der Waals surface area (Å²) in [5, 5.41) is 3.08. The van der Waals surface area contributed by atoms with Gasteiger partial charge in [0.25, 0.3) is 5.91 Å². The van der Waals surface area contributed by atoms with Crippen molar-refractivity contribution in [1.82, 2.24) is 10.2 Å². The Morgan fingerprint density at radius 2 is 2.08 bits per heavy atom. The zero-order valence-corrected chi connectivity index (χ0v) is 14.7. The monoisotopic (exact) mass is 354 g/mol. The van der Waals surface area contributed by atoms with Gasteiger partial charge in [-0.15, -0.1) is 0 Å². The molecule has 1 spiro atoms. The Hall–Kier alpha value is -2.76. The molecule has 1 aromatic carbocycles. The molecule has 2 amide bonds. The molecular formula is C20H22N2O4. The number of para-hydroxylation sites is 1. The number of furan rings is 1. The van der Waals surface area contributed by atoms with Gasteiger partial charge in [-0.2, -0.15) is 0 Å². The molecule has 0 aliphatic carbocycles. The topological polar surface area (TPSA) is 71.8 Å². The molecule has 6 nitrogen and oxygen atoms in total. The van der Waals surface area contributed by atoms with E-state index in [0.717, 1.165) is 17.7 Å². The minimum absolute atomic E-state index is 0.139.